The number of nitrogens with one attached hydrogen (secondary N) is 1. The molecule has 0 atom stereocenters. The van der Waals surface area contributed by atoms with Gasteiger partial charge in [0.15, 0.2) is 0 Å². The molecule has 0 heterocycles. The number of phenolic OH excluding ortho intramolecular Hbond substituents is 1. The maximum atomic E-state index is 11.8. The molecular formula is C17H18N2O4. The lowest BCUT2D eigenvalue weighted by Gasteiger charge is -2.07. The van der Waals surface area contributed by atoms with Crippen LogP contribution in [0.25, 0.3) is 0 Å². The number of rotatable bonds is 6. The summed E-state index contributed by atoms with van der Waals surface area (Å²) in [5, 5.41) is 13.1. The number of amides is 1. The van der Waals surface area contributed by atoms with Crippen molar-refractivity contribution in [3.05, 3.63) is 53.6 Å². The summed E-state index contributed by atoms with van der Waals surface area (Å²) in [6.45, 7) is 0. The molecule has 0 radical (unpaired) electrons. The molecule has 6 nitrogen and oxygen atoms in total. The molecule has 6 heteroatoms. The average molecular weight is 314 g/mol. The van der Waals surface area contributed by atoms with Gasteiger partial charge in [0.2, 0.25) is 5.91 Å². The molecule has 0 aliphatic carbocycles. The van der Waals surface area contributed by atoms with Gasteiger partial charge in [-0.2, -0.15) is 5.10 Å². The molecule has 0 spiro atoms. The van der Waals surface area contributed by atoms with Crippen LogP contribution in [0, 0.1) is 0 Å². The molecule has 2 aromatic carbocycles. The Morgan fingerprint density at radius 1 is 1.17 bits per heavy atom. The fourth-order valence-corrected chi connectivity index (χ4v) is 1.94. The number of hydrazone groups is 1. The van der Waals surface area contributed by atoms with E-state index in [2.05, 4.69) is 10.5 Å². The van der Waals surface area contributed by atoms with E-state index in [-0.39, 0.29) is 18.1 Å². The van der Waals surface area contributed by atoms with E-state index >= 15 is 0 Å². The number of carbonyl (C=O) groups excluding carboxylic acids is 1. The summed E-state index contributed by atoms with van der Waals surface area (Å²) in [6.07, 6.45) is 1.68. The number of ether oxygens (including phenoxy) is 2. The second-order valence-electron chi connectivity index (χ2n) is 4.74. The SMILES string of the molecule is COc1ccc(/C=N\NC(=O)Cc2ccc(O)cc2)c(OC)c1. The zero-order valence-electron chi connectivity index (χ0n) is 12.9. The molecule has 23 heavy (non-hydrogen) atoms. The van der Waals surface area contributed by atoms with E-state index in [4.69, 9.17) is 9.47 Å². The van der Waals surface area contributed by atoms with Crippen molar-refractivity contribution in [1.82, 2.24) is 5.43 Å². The maximum absolute atomic E-state index is 11.8. The van der Waals surface area contributed by atoms with Crippen LogP contribution in [0.1, 0.15) is 11.1 Å². The predicted octanol–water partition coefficient (Wildman–Crippen LogP) is 2.10. The summed E-state index contributed by atoms with van der Waals surface area (Å²) >= 11 is 0. The monoisotopic (exact) mass is 314 g/mol. The van der Waals surface area contributed by atoms with Crippen molar-refractivity contribution in [1.29, 1.82) is 0 Å². The Labute approximate surface area is 134 Å². The predicted molar refractivity (Wildman–Crippen MR) is 87.1 cm³/mol. The van der Waals surface area contributed by atoms with Crippen molar-refractivity contribution < 1.29 is 19.4 Å². The molecule has 120 valence electrons. The number of hydrogen-bond acceptors (Lipinski definition) is 5. The summed E-state index contributed by atoms with van der Waals surface area (Å²) in [7, 11) is 3.13. The number of methoxy groups -OCH3 is 2. The topological polar surface area (TPSA) is 80.2 Å². The highest BCUT2D eigenvalue weighted by atomic mass is 16.5. The molecule has 0 aliphatic rings. The largest absolute Gasteiger partial charge is 0.508 e. The van der Waals surface area contributed by atoms with Crippen molar-refractivity contribution in [2.24, 2.45) is 5.10 Å². The quantitative estimate of drug-likeness (QED) is 0.632. The Hall–Kier alpha value is -3.02. The van der Waals surface area contributed by atoms with Gasteiger partial charge in [0.1, 0.15) is 17.2 Å². The second-order valence-corrected chi connectivity index (χ2v) is 4.74. The van der Waals surface area contributed by atoms with E-state index in [0.29, 0.717) is 11.5 Å². The highest BCUT2D eigenvalue weighted by Crippen LogP contribution is 2.22. The Morgan fingerprint density at radius 2 is 1.91 bits per heavy atom. The van der Waals surface area contributed by atoms with Gasteiger partial charge in [-0.1, -0.05) is 12.1 Å². The minimum absolute atomic E-state index is 0.166. The second kappa shape index (κ2) is 7.84. The Morgan fingerprint density at radius 3 is 2.57 bits per heavy atom. The first-order valence-corrected chi connectivity index (χ1v) is 6.94. The Balaban J connectivity index is 1.95. The molecule has 0 aliphatic heterocycles. The average Bonchev–Trinajstić information content (AvgIpc) is 2.57. The first-order valence-electron chi connectivity index (χ1n) is 6.94. The van der Waals surface area contributed by atoms with E-state index in [1.807, 2.05) is 0 Å². The van der Waals surface area contributed by atoms with Gasteiger partial charge in [-0.25, -0.2) is 5.43 Å². The lowest BCUT2D eigenvalue weighted by Crippen LogP contribution is -2.19. The highest BCUT2D eigenvalue weighted by molar-refractivity contribution is 5.86. The molecule has 0 unspecified atom stereocenters. The Kier molecular flexibility index (Phi) is 5.57. The lowest BCUT2D eigenvalue weighted by atomic mass is 10.1. The zero-order valence-corrected chi connectivity index (χ0v) is 12.9. The van der Waals surface area contributed by atoms with Gasteiger partial charge in [0.05, 0.1) is 26.9 Å². The van der Waals surface area contributed by atoms with E-state index in [1.165, 1.54) is 18.3 Å². The molecule has 0 saturated carbocycles. The molecule has 0 bridgehead atoms. The highest BCUT2D eigenvalue weighted by Gasteiger charge is 2.04. The van der Waals surface area contributed by atoms with E-state index in [1.54, 1.807) is 44.6 Å². The first-order chi connectivity index (χ1) is 11.1. The van der Waals surface area contributed by atoms with Gasteiger partial charge in [0, 0.05) is 11.6 Å². The van der Waals surface area contributed by atoms with Crippen LogP contribution in [-0.4, -0.2) is 31.4 Å². The van der Waals surface area contributed by atoms with Crippen LogP contribution in [0.2, 0.25) is 0 Å². The summed E-state index contributed by atoms with van der Waals surface area (Å²) in [6, 6.07) is 11.7. The number of benzene rings is 2. The number of carbonyl (C=O) groups is 1. The third kappa shape index (κ3) is 4.74. The molecule has 1 amide bonds. The summed E-state index contributed by atoms with van der Waals surface area (Å²) in [4.78, 5) is 11.8. The van der Waals surface area contributed by atoms with Gasteiger partial charge in [0.25, 0.3) is 0 Å². The van der Waals surface area contributed by atoms with Crippen molar-refractivity contribution in [3.8, 4) is 17.2 Å². The third-order valence-corrected chi connectivity index (χ3v) is 3.13. The summed E-state index contributed by atoms with van der Waals surface area (Å²) < 4.78 is 10.4. The molecule has 0 saturated heterocycles. The summed E-state index contributed by atoms with van der Waals surface area (Å²) in [5.74, 6) is 1.19. The van der Waals surface area contributed by atoms with Crippen LogP contribution in [0.3, 0.4) is 0 Å². The fourth-order valence-electron chi connectivity index (χ4n) is 1.94. The smallest absolute Gasteiger partial charge is 0.244 e. The van der Waals surface area contributed by atoms with Crippen molar-refractivity contribution in [3.63, 3.8) is 0 Å². The van der Waals surface area contributed by atoms with Gasteiger partial charge < -0.3 is 14.6 Å². The Bertz CT molecular complexity index is 696. The molecule has 2 rings (SSSR count). The lowest BCUT2D eigenvalue weighted by molar-refractivity contribution is -0.120. The van der Waals surface area contributed by atoms with Crippen molar-refractivity contribution in [2.45, 2.75) is 6.42 Å². The fraction of sp³-hybridized carbons (Fsp3) is 0.176. The van der Waals surface area contributed by atoms with E-state index in [0.717, 1.165) is 11.1 Å². The minimum Gasteiger partial charge on any atom is -0.508 e. The van der Waals surface area contributed by atoms with Crippen molar-refractivity contribution >= 4 is 12.1 Å². The number of nitrogens with zero attached hydrogens (tertiary/aromatic N) is 1. The third-order valence-electron chi connectivity index (χ3n) is 3.13. The maximum Gasteiger partial charge on any atom is 0.244 e. The molecular weight excluding hydrogens is 296 g/mol. The van der Waals surface area contributed by atoms with Crippen LogP contribution in [0.4, 0.5) is 0 Å². The van der Waals surface area contributed by atoms with Crippen LogP contribution < -0.4 is 14.9 Å². The molecule has 2 aromatic rings. The number of phenols is 1. The van der Waals surface area contributed by atoms with Gasteiger partial charge in [-0.05, 0) is 29.8 Å². The van der Waals surface area contributed by atoms with Crippen molar-refractivity contribution in [2.75, 3.05) is 14.2 Å². The normalized spacial score (nSPS) is 10.5. The van der Waals surface area contributed by atoms with Crippen LogP contribution in [0.15, 0.2) is 47.6 Å². The molecule has 2 N–H and O–H groups in total. The van der Waals surface area contributed by atoms with Gasteiger partial charge >= 0.3 is 0 Å². The first kappa shape index (κ1) is 16.4. The zero-order chi connectivity index (χ0) is 16.7. The number of hydrogen-bond donors (Lipinski definition) is 2. The van der Waals surface area contributed by atoms with Crippen LogP contribution in [-0.2, 0) is 11.2 Å². The van der Waals surface area contributed by atoms with Gasteiger partial charge in [-0.3, -0.25) is 4.79 Å². The standard InChI is InChI=1S/C17H18N2O4/c1-22-15-8-5-13(16(10-15)23-2)11-18-19-17(21)9-12-3-6-14(20)7-4-12/h3-8,10-11,20H,9H2,1-2H3,(H,19,21)/b18-11-. The van der Waals surface area contributed by atoms with E-state index in [9.17, 15) is 9.90 Å². The van der Waals surface area contributed by atoms with Gasteiger partial charge in [-0.15, -0.1) is 0 Å². The molecule has 0 aromatic heterocycles. The minimum atomic E-state index is -0.251. The summed E-state index contributed by atoms with van der Waals surface area (Å²) in [5.41, 5.74) is 3.97. The molecule has 0 fully saturated rings. The van der Waals surface area contributed by atoms with Crippen LogP contribution in [0.5, 0.6) is 17.2 Å². The van der Waals surface area contributed by atoms with Crippen LogP contribution >= 0.6 is 0 Å². The van der Waals surface area contributed by atoms with E-state index < -0.39 is 0 Å². The number of aromatic hydroxyl groups is 1.